The molecule has 0 aliphatic carbocycles. The number of hydrogen-bond donors (Lipinski definition) is 2. The number of ketones is 1. The molecule has 2 rings (SSSR count). The van der Waals surface area contributed by atoms with Crippen molar-refractivity contribution < 1.29 is 31.1 Å². The van der Waals surface area contributed by atoms with E-state index >= 15 is 0 Å². The standard InChI is InChI=1S/C15H13NO3.Mg.3H2O.2H/c16-13(15(18)19)11-7-4-8-12(9-11)14(17)10-5-2-1-3-6-10;;;;;;/h1-9,13H,16H2,(H,18,19);;3*1H2;;. The summed E-state index contributed by atoms with van der Waals surface area (Å²) in [6, 6.07) is 14.1. The fraction of sp³-hybridized carbons (Fsp3) is 0.0667. The van der Waals surface area contributed by atoms with Crippen LogP contribution < -0.4 is 5.73 Å². The van der Waals surface area contributed by atoms with Gasteiger partial charge in [-0.3, -0.25) is 9.59 Å². The average molecular weight is 336 g/mol. The number of hydrogen-bond acceptors (Lipinski definition) is 3. The van der Waals surface area contributed by atoms with Gasteiger partial charge in [0.05, 0.1) is 0 Å². The van der Waals surface area contributed by atoms with Crippen LogP contribution in [0.2, 0.25) is 0 Å². The Morgan fingerprint density at radius 3 is 1.91 bits per heavy atom. The zero-order valence-corrected chi connectivity index (χ0v) is 11.6. The van der Waals surface area contributed by atoms with Crippen LogP contribution in [0.1, 0.15) is 27.5 Å². The molecule has 0 radical (unpaired) electrons. The van der Waals surface area contributed by atoms with Gasteiger partial charge in [-0.1, -0.05) is 48.5 Å². The first kappa shape index (κ1) is 26.1. The number of benzene rings is 2. The van der Waals surface area contributed by atoms with E-state index in [4.69, 9.17) is 10.8 Å². The molecule has 23 heavy (non-hydrogen) atoms. The number of rotatable bonds is 4. The minimum atomic E-state index is -1.12. The van der Waals surface area contributed by atoms with Crippen LogP contribution in [-0.2, 0) is 4.79 Å². The SMILES string of the molecule is NC(C(=O)O)c1cccc(C(=O)c2ccccc2)c1.O.O.O.[MgH2]. The lowest BCUT2D eigenvalue weighted by atomic mass is 9.99. The van der Waals surface area contributed by atoms with Crippen LogP contribution in [0.15, 0.2) is 54.6 Å². The minimum absolute atomic E-state index is 0. The van der Waals surface area contributed by atoms with Crippen LogP contribution in [0, 0.1) is 0 Å². The van der Waals surface area contributed by atoms with Crippen molar-refractivity contribution in [2.24, 2.45) is 5.73 Å². The normalized spacial score (nSPS) is 9.78. The number of carboxylic acids is 1. The van der Waals surface area contributed by atoms with Gasteiger partial charge in [-0.05, 0) is 11.6 Å². The van der Waals surface area contributed by atoms with E-state index in [1.54, 1.807) is 42.5 Å². The number of aliphatic carboxylic acids is 1. The van der Waals surface area contributed by atoms with E-state index in [0.29, 0.717) is 16.7 Å². The molecule has 0 heterocycles. The Labute approximate surface area is 149 Å². The average Bonchev–Trinajstić information content (AvgIpc) is 2.46. The van der Waals surface area contributed by atoms with Crippen molar-refractivity contribution in [2.45, 2.75) is 6.04 Å². The fourth-order valence-electron chi connectivity index (χ4n) is 1.77. The molecular weight excluding hydrogens is 314 g/mol. The van der Waals surface area contributed by atoms with Crippen molar-refractivity contribution in [3.63, 3.8) is 0 Å². The summed E-state index contributed by atoms with van der Waals surface area (Å²) < 4.78 is 0. The van der Waals surface area contributed by atoms with E-state index in [2.05, 4.69) is 0 Å². The summed E-state index contributed by atoms with van der Waals surface area (Å²) in [4.78, 5) is 23.0. The second-order valence-electron chi connectivity index (χ2n) is 4.14. The molecule has 0 bridgehead atoms. The van der Waals surface area contributed by atoms with Gasteiger partial charge in [0.1, 0.15) is 6.04 Å². The largest absolute Gasteiger partial charge is 0.480 e. The Morgan fingerprint density at radius 1 is 0.870 bits per heavy atom. The highest BCUT2D eigenvalue weighted by Gasteiger charge is 2.16. The zero-order valence-electron chi connectivity index (χ0n) is 11.6. The molecule has 0 aromatic heterocycles. The predicted octanol–water partition coefficient (Wildman–Crippen LogP) is -1.39. The summed E-state index contributed by atoms with van der Waals surface area (Å²) >= 11 is 0. The number of carboxylic acid groups (broad SMARTS) is 1. The first-order valence-electron chi connectivity index (χ1n) is 5.77. The molecule has 0 aliphatic heterocycles. The molecule has 1 unspecified atom stereocenters. The number of nitrogens with two attached hydrogens (primary N) is 1. The van der Waals surface area contributed by atoms with Crippen LogP contribution >= 0.6 is 0 Å². The Kier molecular flexibility index (Phi) is 13.3. The monoisotopic (exact) mass is 335 g/mol. The van der Waals surface area contributed by atoms with Gasteiger partial charge >= 0.3 is 29.0 Å². The molecule has 0 spiro atoms. The van der Waals surface area contributed by atoms with E-state index in [9.17, 15) is 9.59 Å². The smallest absolute Gasteiger partial charge is 0.325 e. The highest BCUT2D eigenvalue weighted by Crippen LogP contribution is 2.16. The third kappa shape index (κ3) is 6.44. The molecule has 1 atom stereocenters. The molecular formula is C15H21MgNO6. The van der Waals surface area contributed by atoms with Crippen molar-refractivity contribution in [2.75, 3.05) is 0 Å². The van der Waals surface area contributed by atoms with E-state index < -0.39 is 12.0 Å². The number of carbonyl (C=O) groups excluding carboxylic acids is 1. The molecule has 124 valence electrons. The van der Waals surface area contributed by atoms with E-state index in [0.717, 1.165) is 0 Å². The maximum absolute atomic E-state index is 12.2. The predicted molar refractivity (Wildman–Crippen MR) is 90.3 cm³/mol. The van der Waals surface area contributed by atoms with Gasteiger partial charge < -0.3 is 27.3 Å². The van der Waals surface area contributed by atoms with Gasteiger partial charge in [-0.15, -0.1) is 0 Å². The molecule has 0 aliphatic rings. The minimum Gasteiger partial charge on any atom is -0.480 e. The lowest BCUT2D eigenvalue weighted by Crippen LogP contribution is -2.20. The van der Waals surface area contributed by atoms with Crippen LogP contribution in [0.25, 0.3) is 0 Å². The molecule has 0 saturated heterocycles. The molecule has 0 saturated carbocycles. The Hall–Kier alpha value is -1.81. The number of carbonyl (C=O) groups is 2. The summed E-state index contributed by atoms with van der Waals surface area (Å²) in [5.74, 6) is -1.27. The highest BCUT2D eigenvalue weighted by atomic mass is 24.3. The molecule has 2 aromatic rings. The maximum Gasteiger partial charge on any atom is 0.325 e. The molecule has 0 fully saturated rings. The first-order valence-corrected chi connectivity index (χ1v) is 5.77. The van der Waals surface area contributed by atoms with Crippen molar-refractivity contribution in [1.82, 2.24) is 0 Å². The topological polar surface area (TPSA) is 175 Å². The summed E-state index contributed by atoms with van der Waals surface area (Å²) in [7, 11) is 0. The molecule has 0 amide bonds. The van der Waals surface area contributed by atoms with Crippen LogP contribution in [0.4, 0.5) is 0 Å². The van der Waals surface area contributed by atoms with E-state index in [-0.39, 0.29) is 45.3 Å². The Morgan fingerprint density at radius 2 is 1.39 bits per heavy atom. The van der Waals surface area contributed by atoms with Crippen molar-refractivity contribution in [3.05, 3.63) is 71.3 Å². The molecule has 9 N–H and O–H groups in total. The second-order valence-corrected chi connectivity index (χ2v) is 4.14. The van der Waals surface area contributed by atoms with Crippen LogP contribution in [-0.4, -0.2) is 56.3 Å². The molecule has 7 nitrogen and oxygen atoms in total. The van der Waals surface area contributed by atoms with Crippen LogP contribution in [0.3, 0.4) is 0 Å². The highest BCUT2D eigenvalue weighted by molar-refractivity contribution is 6.09. The van der Waals surface area contributed by atoms with Gasteiger partial charge in [-0.2, -0.15) is 0 Å². The Bertz CT molecular complexity index is 620. The van der Waals surface area contributed by atoms with Crippen molar-refractivity contribution >= 4 is 34.8 Å². The van der Waals surface area contributed by atoms with E-state index in [1.807, 2.05) is 6.07 Å². The van der Waals surface area contributed by atoms with Crippen molar-refractivity contribution in [1.29, 1.82) is 0 Å². The van der Waals surface area contributed by atoms with Crippen molar-refractivity contribution in [3.8, 4) is 0 Å². The van der Waals surface area contributed by atoms with Gasteiger partial charge in [0, 0.05) is 11.1 Å². The summed E-state index contributed by atoms with van der Waals surface area (Å²) in [5.41, 5.74) is 6.94. The van der Waals surface area contributed by atoms with Gasteiger partial charge in [0.25, 0.3) is 0 Å². The lowest BCUT2D eigenvalue weighted by Gasteiger charge is -2.08. The summed E-state index contributed by atoms with van der Waals surface area (Å²) in [6.45, 7) is 0. The molecule has 8 heteroatoms. The first-order chi connectivity index (χ1) is 9.09. The maximum atomic E-state index is 12.2. The summed E-state index contributed by atoms with van der Waals surface area (Å²) in [5, 5.41) is 8.87. The van der Waals surface area contributed by atoms with Gasteiger partial charge in [-0.25, -0.2) is 0 Å². The second kappa shape index (κ2) is 11.7. The molecule has 2 aromatic carbocycles. The third-order valence-electron chi connectivity index (χ3n) is 2.81. The quantitative estimate of drug-likeness (QED) is 0.517. The third-order valence-corrected chi connectivity index (χ3v) is 2.81. The van der Waals surface area contributed by atoms with Gasteiger partial charge in [0.15, 0.2) is 5.78 Å². The van der Waals surface area contributed by atoms with Gasteiger partial charge in [0.2, 0.25) is 0 Å². The lowest BCUT2D eigenvalue weighted by molar-refractivity contribution is -0.138. The zero-order chi connectivity index (χ0) is 13.8. The van der Waals surface area contributed by atoms with E-state index in [1.165, 1.54) is 6.07 Å². The fourth-order valence-corrected chi connectivity index (χ4v) is 1.77. The Balaban J connectivity index is -0.000001000. The van der Waals surface area contributed by atoms with Crippen LogP contribution in [0.5, 0.6) is 0 Å². The summed E-state index contributed by atoms with van der Waals surface area (Å²) in [6.07, 6.45) is 0.